The van der Waals surface area contributed by atoms with Crippen LogP contribution in [0.5, 0.6) is 0 Å². The van der Waals surface area contributed by atoms with Gasteiger partial charge in [-0.3, -0.25) is 0 Å². The van der Waals surface area contributed by atoms with Crippen molar-refractivity contribution in [2.75, 3.05) is 0 Å². The van der Waals surface area contributed by atoms with Crippen LogP contribution in [0, 0.1) is 0 Å². The number of hydrogen-bond acceptors (Lipinski definition) is 4. The summed E-state index contributed by atoms with van der Waals surface area (Å²) in [5, 5.41) is 5.09. The maximum atomic E-state index is 12.8. The summed E-state index contributed by atoms with van der Waals surface area (Å²) in [6, 6.07) is 29.2. The highest BCUT2D eigenvalue weighted by atomic mass is 32.1. The van der Waals surface area contributed by atoms with Crippen LogP contribution in [0.15, 0.2) is 103 Å². The maximum absolute atomic E-state index is 12.8. The van der Waals surface area contributed by atoms with Gasteiger partial charge in [0.05, 0.1) is 11.4 Å². The number of amides is 1. The van der Waals surface area contributed by atoms with E-state index in [2.05, 4.69) is 5.32 Å². The van der Waals surface area contributed by atoms with E-state index >= 15 is 0 Å². The number of ether oxygens (including phenoxy) is 1. The quantitative estimate of drug-likeness (QED) is 0.349. The van der Waals surface area contributed by atoms with Gasteiger partial charge in [-0.15, -0.1) is 11.3 Å². The van der Waals surface area contributed by atoms with Crippen molar-refractivity contribution in [2.45, 2.75) is 12.6 Å². The van der Waals surface area contributed by atoms with Gasteiger partial charge in [0.25, 0.3) is 0 Å². The Morgan fingerprint density at radius 3 is 2.44 bits per heavy atom. The Labute approximate surface area is 190 Å². The molecule has 2 aromatic carbocycles. The van der Waals surface area contributed by atoms with Crippen LogP contribution in [-0.4, -0.2) is 15.5 Å². The highest BCUT2D eigenvalue weighted by molar-refractivity contribution is 7.10. The lowest BCUT2D eigenvalue weighted by molar-refractivity contribution is 0.137. The zero-order valence-electron chi connectivity index (χ0n) is 17.2. The predicted octanol–water partition coefficient (Wildman–Crippen LogP) is 6.08. The number of pyridine rings is 1. The molecule has 5 rings (SSSR count). The Morgan fingerprint density at radius 2 is 1.69 bits per heavy atom. The number of carbonyl (C=O) groups excluding carboxylic acids is 1. The second kappa shape index (κ2) is 9.08. The first kappa shape index (κ1) is 20.0. The summed E-state index contributed by atoms with van der Waals surface area (Å²) in [5.41, 5.74) is 4.48. The molecule has 6 heteroatoms. The van der Waals surface area contributed by atoms with Gasteiger partial charge in [0.15, 0.2) is 0 Å². The zero-order valence-corrected chi connectivity index (χ0v) is 18.0. The second-order valence-electron chi connectivity index (χ2n) is 7.30. The lowest BCUT2D eigenvalue weighted by Crippen LogP contribution is -2.30. The Bertz CT molecular complexity index is 1320. The van der Waals surface area contributed by atoms with E-state index in [9.17, 15) is 4.79 Å². The van der Waals surface area contributed by atoms with Gasteiger partial charge in [-0.05, 0) is 29.1 Å². The molecule has 0 saturated heterocycles. The molecule has 1 atom stereocenters. The average Bonchev–Trinajstić information content (AvgIpc) is 3.51. The third kappa shape index (κ3) is 4.13. The molecule has 5 aromatic rings. The van der Waals surface area contributed by atoms with Gasteiger partial charge in [-0.1, -0.05) is 72.8 Å². The topological polar surface area (TPSA) is 55.6 Å². The number of imidazole rings is 1. The fraction of sp³-hybridized carbons (Fsp3) is 0.0769. The molecule has 0 radical (unpaired) electrons. The molecule has 3 aromatic heterocycles. The standard InChI is InChI=1S/C26H21N3O2S/c30-26(31-18-19-10-3-1-4-11-19)28-24(21-14-9-17-32-21)25-23(20-12-5-2-6-13-20)27-22-15-7-8-16-29(22)25/h1-17,24H,18H2,(H,28,30). The van der Waals surface area contributed by atoms with Crippen molar-refractivity contribution in [3.8, 4) is 11.3 Å². The summed E-state index contributed by atoms with van der Waals surface area (Å²) in [4.78, 5) is 18.7. The molecule has 0 bridgehead atoms. The van der Waals surface area contributed by atoms with E-state index in [0.717, 1.165) is 33.0 Å². The molecule has 0 aliphatic rings. The van der Waals surface area contributed by atoms with Crippen LogP contribution in [0.2, 0.25) is 0 Å². The number of rotatable bonds is 6. The summed E-state index contributed by atoms with van der Waals surface area (Å²) < 4.78 is 7.57. The van der Waals surface area contributed by atoms with Crippen LogP contribution in [0.4, 0.5) is 4.79 Å². The molecule has 0 saturated carbocycles. The first-order chi connectivity index (χ1) is 15.8. The number of nitrogens with zero attached hydrogens (tertiary/aromatic N) is 2. The fourth-order valence-corrected chi connectivity index (χ4v) is 4.49. The molecule has 0 aliphatic carbocycles. The van der Waals surface area contributed by atoms with Crippen molar-refractivity contribution in [3.05, 3.63) is 119 Å². The van der Waals surface area contributed by atoms with Crippen molar-refractivity contribution in [1.29, 1.82) is 0 Å². The van der Waals surface area contributed by atoms with E-state index in [-0.39, 0.29) is 6.61 Å². The molecular formula is C26H21N3O2S. The fourth-order valence-electron chi connectivity index (χ4n) is 3.71. The van der Waals surface area contributed by atoms with Crippen molar-refractivity contribution >= 4 is 23.1 Å². The molecule has 0 fully saturated rings. The monoisotopic (exact) mass is 439 g/mol. The lowest BCUT2D eigenvalue weighted by atomic mass is 10.0. The molecule has 0 spiro atoms. The average molecular weight is 440 g/mol. The molecule has 0 aliphatic heterocycles. The Hall–Kier alpha value is -3.90. The van der Waals surface area contributed by atoms with Crippen molar-refractivity contribution in [3.63, 3.8) is 0 Å². The molecule has 1 amide bonds. The van der Waals surface area contributed by atoms with Gasteiger partial charge in [-0.2, -0.15) is 0 Å². The number of hydrogen-bond donors (Lipinski definition) is 1. The Morgan fingerprint density at radius 1 is 0.938 bits per heavy atom. The van der Waals surface area contributed by atoms with Crippen LogP contribution in [-0.2, 0) is 11.3 Å². The van der Waals surface area contributed by atoms with Gasteiger partial charge in [0.2, 0.25) is 0 Å². The Balaban J connectivity index is 1.53. The molecule has 1 N–H and O–H groups in total. The number of aromatic nitrogens is 2. The number of thiophene rings is 1. The molecule has 5 nitrogen and oxygen atoms in total. The summed E-state index contributed by atoms with van der Waals surface area (Å²) >= 11 is 1.59. The van der Waals surface area contributed by atoms with Crippen LogP contribution >= 0.6 is 11.3 Å². The van der Waals surface area contributed by atoms with E-state index < -0.39 is 12.1 Å². The van der Waals surface area contributed by atoms with Gasteiger partial charge in [-0.25, -0.2) is 9.78 Å². The SMILES string of the molecule is O=C(NC(c1cccs1)c1c(-c2ccccc2)nc2ccccn12)OCc1ccccc1. The van der Waals surface area contributed by atoms with Crippen molar-refractivity contribution < 1.29 is 9.53 Å². The molecule has 1 unspecified atom stereocenters. The largest absolute Gasteiger partial charge is 0.445 e. The minimum Gasteiger partial charge on any atom is -0.445 e. The summed E-state index contributed by atoms with van der Waals surface area (Å²) in [6.45, 7) is 0.211. The predicted molar refractivity (Wildman–Crippen MR) is 127 cm³/mol. The van der Waals surface area contributed by atoms with Gasteiger partial charge in [0.1, 0.15) is 18.3 Å². The van der Waals surface area contributed by atoms with Crippen molar-refractivity contribution in [1.82, 2.24) is 14.7 Å². The van der Waals surface area contributed by atoms with Crippen LogP contribution < -0.4 is 5.32 Å². The van der Waals surface area contributed by atoms with Gasteiger partial charge < -0.3 is 14.5 Å². The number of fused-ring (bicyclic) bond motifs is 1. The highest BCUT2D eigenvalue weighted by Crippen LogP contribution is 2.34. The van der Waals surface area contributed by atoms with Crippen molar-refractivity contribution in [2.24, 2.45) is 0 Å². The van der Waals surface area contributed by atoms with E-state index in [0.29, 0.717) is 0 Å². The first-order valence-corrected chi connectivity index (χ1v) is 11.2. The lowest BCUT2D eigenvalue weighted by Gasteiger charge is -2.19. The van der Waals surface area contributed by atoms with E-state index in [1.165, 1.54) is 0 Å². The first-order valence-electron chi connectivity index (χ1n) is 10.3. The van der Waals surface area contributed by atoms with E-state index in [1.54, 1.807) is 11.3 Å². The molecule has 32 heavy (non-hydrogen) atoms. The third-order valence-electron chi connectivity index (χ3n) is 5.19. The van der Waals surface area contributed by atoms with Gasteiger partial charge >= 0.3 is 6.09 Å². The number of alkyl carbamates (subject to hydrolysis) is 1. The third-order valence-corrected chi connectivity index (χ3v) is 6.13. The molecular weight excluding hydrogens is 418 g/mol. The van der Waals surface area contributed by atoms with Crippen LogP contribution in [0.1, 0.15) is 22.2 Å². The van der Waals surface area contributed by atoms with Gasteiger partial charge in [0, 0.05) is 16.6 Å². The molecule has 158 valence electrons. The number of benzene rings is 2. The number of nitrogens with one attached hydrogen (secondary N) is 1. The summed E-state index contributed by atoms with van der Waals surface area (Å²) in [5.74, 6) is 0. The minimum atomic E-state index is -0.475. The second-order valence-corrected chi connectivity index (χ2v) is 8.27. The van der Waals surface area contributed by atoms with E-state index in [4.69, 9.17) is 9.72 Å². The maximum Gasteiger partial charge on any atom is 0.408 e. The number of carbonyl (C=O) groups is 1. The van der Waals surface area contributed by atoms with Crippen LogP contribution in [0.3, 0.4) is 0 Å². The minimum absolute atomic E-state index is 0.211. The van der Waals surface area contributed by atoms with Crippen LogP contribution in [0.25, 0.3) is 16.9 Å². The Kier molecular flexibility index (Phi) is 5.68. The zero-order chi connectivity index (χ0) is 21.8. The summed E-state index contributed by atoms with van der Waals surface area (Å²) in [7, 11) is 0. The summed E-state index contributed by atoms with van der Waals surface area (Å²) in [6.07, 6.45) is 1.50. The molecule has 3 heterocycles. The smallest absolute Gasteiger partial charge is 0.408 e. The van der Waals surface area contributed by atoms with E-state index in [1.807, 2.05) is 107 Å². The highest BCUT2D eigenvalue weighted by Gasteiger charge is 2.27. The normalized spacial score (nSPS) is 11.9.